The summed E-state index contributed by atoms with van der Waals surface area (Å²) in [5.74, 6) is 1.95. The minimum Gasteiger partial charge on any atom is -0.491 e. The molecule has 0 spiro atoms. The van der Waals surface area contributed by atoms with Crippen molar-refractivity contribution in [3.8, 4) is 11.6 Å². The fraction of sp³-hybridized carbons (Fsp3) is 0.370. The van der Waals surface area contributed by atoms with Crippen LogP contribution in [0.15, 0.2) is 60.9 Å². The van der Waals surface area contributed by atoms with E-state index < -0.39 is 5.60 Å². The SMILES string of the molecule is COc1ccc(N(Cc2cccnc2)c2cccc(C(=O)OC(C)(C)C)c2)nc1OCC1CC1. The van der Waals surface area contributed by atoms with E-state index in [2.05, 4.69) is 4.98 Å². The summed E-state index contributed by atoms with van der Waals surface area (Å²) in [7, 11) is 1.61. The van der Waals surface area contributed by atoms with Gasteiger partial charge in [-0.15, -0.1) is 0 Å². The third kappa shape index (κ3) is 6.25. The van der Waals surface area contributed by atoms with Gasteiger partial charge in [0.25, 0.3) is 5.88 Å². The van der Waals surface area contributed by atoms with Crippen LogP contribution in [-0.2, 0) is 11.3 Å². The molecule has 1 fully saturated rings. The second-order valence-electron chi connectivity index (χ2n) is 9.43. The third-order valence-electron chi connectivity index (χ3n) is 5.32. The van der Waals surface area contributed by atoms with Crippen molar-refractivity contribution < 1.29 is 19.0 Å². The van der Waals surface area contributed by atoms with Crippen LogP contribution >= 0.6 is 0 Å². The van der Waals surface area contributed by atoms with Gasteiger partial charge in [-0.1, -0.05) is 12.1 Å². The Morgan fingerprint density at radius 1 is 1.12 bits per heavy atom. The molecule has 0 atom stereocenters. The second-order valence-corrected chi connectivity index (χ2v) is 9.43. The van der Waals surface area contributed by atoms with Crippen molar-refractivity contribution in [3.05, 3.63) is 72.1 Å². The van der Waals surface area contributed by atoms with Crippen LogP contribution in [-0.4, -0.2) is 35.3 Å². The first-order valence-corrected chi connectivity index (χ1v) is 11.5. The van der Waals surface area contributed by atoms with Gasteiger partial charge in [0.1, 0.15) is 11.4 Å². The second kappa shape index (κ2) is 10.1. The summed E-state index contributed by atoms with van der Waals surface area (Å²) < 4.78 is 17.0. The van der Waals surface area contributed by atoms with E-state index in [0.29, 0.717) is 42.1 Å². The lowest BCUT2D eigenvalue weighted by Gasteiger charge is -2.26. The Morgan fingerprint density at radius 3 is 2.62 bits per heavy atom. The average Bonchev–Trinajstić information content (AvgIpc) is 3.65. The first-order chi connectivity index (χ1) is 16.3. The number of ether oxygens (including phenoxy) is 3. The zero-order chi connectivity index (χ0) is 24.1. The number of pyridine rings is 2. The number of methoxy groups -OCH3 is 1. The highest BCUT2D eigenvalue weighted by Crippen LogP contribution is 2.35. The summed E-state index contributed by atoms with van der Waals surface area (Å²) >= 11 is 0. The van der Waals surface area contributed by atoms with Gasteiger partial charge in [-0.05, 0) is 81.5 Å². The molecular formula is C27H31N3O4. The molecule has 1 aromatic carbocycles. The molecular weight excluding hydrogens is 430 g/mol. The number of carbonyl (C=O) groups is 1. The van der Waals surface area contributed by atoms with E-state index in [1.165, 1.54) is 12.8 Å². The summed E-state index contributed by atoms with van der Waals surface area (Å²) in [5.41, 5.74) is 1.71. The Hall–Kier alpha value is -3.61. The Labute approximate surface area is 200 Å². The summed E-state index contributed by atoms with van der Waals surface area (Å²) in [6, 6.07) is 15.0. The molecule has 1 aliphatic carbocycles. The maximum atomic E-state index is 12.7. The van der Waals surface area contributed by atoms with E-state index >= 15 is 0 Å². The molecule has 0 amide bonds. The van der Waals surface area contributed by atoms with Gasteiger partial charge < -0.3 is 19.1 Å². The van der Waals surface area contributed by atoms with Crippen LogP contribution in [0.4, 0.5) is 11.5 Å². The fourth-order valence-electron chi connectivity index (χ4n) is 3.42. The van der Waals surface area contributed by atoms with Gasteiger partial charge in [0.2, 0.25) is 0 Å². The zero-order valence-electron chi connectivity index (χ0n) is 20.2. The van der Waals surface area contributed by atoms with E-state index in [0.717, 1.165) is 11.3 Å². The summed E-state index contributed by atoms with van der Waals surface area (Å²) in [6.45, 7) is 6.70. The molecule has 34 heavy (non-hydrogen) atoms. The van der Waals surface area contributed by atoms with Crippen LogP contribution in [0.1, 0.15) is 49.5 Å². The number of esters is 1. The number of nitrogens with zero attached hydrogens (tertiary/aromatic N) is 3. The topological polar surface area (TPSA) is 73.8 Å². The molecule has 0 aliphatic heterocycles. The monoisotopic (exact) mass is 461 g/mol. The molecule has 7 nitrogen and oxygen atoms in total. The highest BCUT2D eigenvalue weighted by Gasteiger charge is 2.24. The van der Waals surface area contributed by atoms with Crippen LogP contribution in [0.25, 0.3) is 0 Å². The number of benzene rings is 1. The van der Waals surface area contributed by atoms with Crippen LogP contribution in [0.2, 0.25) is 0 Å². The maximum Gasteiger partial charge on any atom is 0.338 e. The Bertz CT molecular complexity index is 1120. The predicted molar refractivity (Wildman–Crippen MR) is 131 cm³/mol. The molecule has 1 saturated carbocycles. The Kier molecular flexibility index (Phi) is 7.01. The maximum absolute atomic E-state index is 12.7. The predicted octanol–water partition coefficient (Wildman–Crippen LogP) is 5.57. The minimum absolute atomic E-state index is 0.369. The zero-order valence-corrected chi connectivity index (χ0v) is 20.2. The fourth-order valence-corrected chi connectivity index (χ4v) is 3.42. The average molecular weight is 462 g/mol. The Morgan fingerprint density at radius 2 is 1.94 bits per heavy atom. The molecule has 3 aromatic rings. The number of hydrogen-bond acceptors (Lipinski definition) is 7. The number of anilines is 2. The van der Waals surface area contributed by atoms with Crippen molar-refractivity contribution in [1.82, 2.24) is 9.97 Å². The van der Waals surface area contributed by atoms with E-state index in [1.807, 2.05) is 74.3 Å². The largest absolute Gasteiger partial charge is 0.491 e. The van der Waals surface area contributed by atoms with Gasteiger partial charge in [0.15, 0.2) is 5.75 Å². The van der Waals surface area contributed by atoms with Crippen molar-refractivity contribution in [3.63, 3.8) is 0 Å². The molecule has 178 valence electrons. The van der Waals surface area contributed by atoms with E-state index in [9.17, 15) is 4.79 Å². The highest BCUT2D eigenvalue weighted by atomic mass is 16.6. The summed E-state index contributed by atoms with van der Waals surface area (Å²) in [4.78, 5) is 23.8. The van der Waals surface area contributed by atoms with Crippen molar-refractivity contribution >= 4 is 17.5 Å². The number of rotatable bonds is 9. The van der Waals surface area contributed by atoms with Gasteiger partial charge in [-0.2, -0.15) is 4.98 Å². The quantitative estimate of drug-likeness (QED) is 0.386. The smallest absolute Gasteiger partial charge is 0.338 e. The number of hydrogen-bond donors (Lipinski definition) is 0. The van der Waals surface area contributed by atoms with Crippen molar-refractivity contribution in [2.75, 3.05) is 18.6 Å². The van der Waals surface area contributed by atoms with Crippen LogP contribution < -0.4 is 14.4 Å². The normalized spacial score (nSPS) is 13.3. The Balaban J connectivity index is 1.69. The van der Waals surface area contributed by atoms with Crippen LogP contribution in [0, 0.1) is 5.92 Å². The molecule has 0 bridgehead atoms. The van der Waals surface area contributed by atoms with Gasteiger partial charge in [0, 0.05) is 18.1 Å². The summed E-state index contributed by atoms with van der Waals surface area (Å²) in [5, 5.41) is 0. The molecule has 2 aromatic heterocycles. The van der Waals surface area contributed by atoms with E-state index in [1.54, 1.807) is 19.4 Å². The number of aromatic nitrogens is 2. The number of carbonyl (C=O) groups excluding carboxylic acids is 1. The molecule has 4 rings (SSSR count). The molecule has 1 aliphatic rings. The molecule has 2 heterocycles. The van der Waals surface area contributed by atoms with Gasteiger partial charge in [-0.25, -0.2) is 4.79 Å². The van der Waals surface area contributed by atoms with Crippen molar-refractivity contribution in [2.45, 2.75) is 45.8 Å². The molecule has 0 unspecified atom stereocenters. The highest BCUT2D eigenvalue weighted by molar-refractivity contribution is 5.91. The van der Waals surface area contributed by atoms with Gasteiger partial charge in [-0.3, -0.25) is 4.98 Å². The molecule has 0 saturated heterocycles. The first-order valence-electron chi connectivity index (χ1n) is 11.5. The molecule has 0 radical (unpaired) electrons. The van der Waals surface area contributed by atoms with Gasteiger partial charge in [0.05, 0.1) is 25.8 Å². The molecule has 7 heteroatoms. The van der Waals surface area contributed by atoms with E-state index in [-0.39, 0.29) is 5.97 Å². The van der Waals surface area contributed by atoms with Crippen molar-refractivity contribution in [2.24, 2.45) is 5.92 Å². The van der Waals surface area contributed by atoms with E-state index in [4.69, 9.17) is 19.2 Å². The standard InChI is InChI=1S/C27H31N3O4/c1-27(2,3)34-26(31)21-8-5-9-22(15-21)30(17-20-7-6-14-28-16-20)24-13-12-23(32-4)25(29-24)33-18-19-10-11-19/h5-9,12-16,19H,10-11,17-18H2,1-4H3. The third-order valence-corrected chi connectivity index (χ3v) is 5.32. The minimum atomic E-state index is -0.576. The lowest BCUT2D eigenvalue weighted by atomic mass is 10.1. The van der Waals surface area contributed by atoms with Crippen LogP contribution in [0.3, 0.4) is 0 Å². The lowest BCUT2D eigenvalue weighted by molar-refractivity contribution is 0.00695. The first kappa shape index (κ1) is 23.5. The van der Waals surface area contributed by atoms with Crippen LogP contribution in [0.5, 0.6) is 11.6 Å². The lowest BCUT2D eigenvalue weighted by Crippen LogP contribution is -2.24. The molecule has 0 N–H and O–H groups in total. The van der Waals surface area contributed by atoms with Crippen molar-refractivity contribution in [1.29, 1.82) is 0 Å². The summed E-state index contributed by atoms with van der Waals surface area (Å²) in [6.07, 6.45) is 5.93. The van der Waals surface area contributed by atoms with Gasteiger partial charge >= 0.3 is 5.97 Å².